The summed E-state index contributed by atoms with van der Waals surface area (Å²) in [7, 11) is 0. The zero-order valence-electron chi connectivity index (χ0n) is 16.0. The van der Waals surface area contributed by atoms with Gasteiger partial charge in [0.25, 0.3) is 5.91 Å². The Labute approximate surface area is 158 Å². The molecule has 0 radical (unpaired) electrons. The highest BCUT2D eigenvalue weighted by Gasteiger charge is 2.32. The van der Waals surface area contributed by atoms with Crippen LogP contribution in [0.25, 0.3) is 5.65 Å². The second-order valence-electron chi connectivity index (χ2n) is 7.18. The Kier molecular flexibility index (Phi) is 4.56. The Morgan fingerprint density at radius 1 is 1.22 bits per heavy atom. The summed E-state index contributed by atoms with van der Waals surface area (Å²) in [4.78, 5) is 19.2. The number of nitrogens with zero attached hydrogens (tertiary/aromatic N) is 4. The van der Waals surface area contributed by atoms with E-state index >= 15 is 0 Å². The van der Waals surface area contributed by atoms with Crippen molar-refractivity contribution in [2.24, 2.45) is 0 Å². The highest BCUT2D eigenvalue weighted by atomic mass is 16.5. The lowest BCUT2D eigenvalue weighted by atomic mass is 10.1. The van der Waals surface area contributed by atoms with Crippen molar-refractivity contribution >= 4 is 11.6 Å². The predicted molar refractivity (Wildman–Crippen MR) is 103 cm³/mol. The number of hydrogen-bond donors (Lipinski definition) is 0. The number of para-hydroxylation sites is 1. The molecule has 6 nitrogen and oxygen atoms in total. The molecule has 1 aliphatic heterocycles. The number of amides is 1. The van der Waals surface area contributed by atoms with Crippen LogP contribution < -0.4 is 4.74 Å². The normalized spacial score (nSPS) is 16.9. The van der Waals surface area contributed by atoms with Crippen LogP contribution in [0.4, 0.5) is 0 Å². The molecule has 0 bridgehead atoms. The minimum atomic E-state index is 0.00358. The van der Waals surface area contributed by atoms with Gasteiger partial charge in [0.05, 0.1) is 17.4 Å². The molecule has 1 amide bonds. The van der Waals surface area contributed by atoms with Gasteiger partial charge in [0.2, 0.25) is 0 Å². The molecule has 1 aliphatic rings. The molecule has 1 aromatic carbocycles. The SMILES string of the molecule is Cc1cc2nccc([C@H]3CCCN3C(=O)COc3c(C)cccc3C)n2n1. The zero-order chi connectivity index (χ0) is 19.0. The van der Waals surface area contributed by atoms with E-state index in [-0.39, 0.29) is 18.6 Å². The standard InChI is InChI=1S/C21H24N4O2/c1-14-6-4-7-15(2)21(14)27-13-20(26)24-11-5-8-17(24)18-9-10-22-19-12-16(3)23-25(18)19/h4,6-7,9-10,12,17H,5,8,11,13H2,1-3H3/t17-/m1/s1. The fourth-order valence-corrected chi connectivity index (χ4v) is 3.90. The lowest BCUT2D eigenvalue weighted by Crippen LogP contribution is -2.35. The highest BCUT2D eigenvalue weighted by molar-refractivity contribution is 5.78. The van der Waals surface area contributed by atoms with Crippen molar-refractivity contribution in [2.75, 3.05) is 13.2 Å². The highest BCUT2D eigenvalue weighted by Crippen LogP contribution is 2.32. The van der Waals surface area contributed by atoms with E-state index in [4.69, 9.17) is 4.74 Å². The van der Waals surface area contributed by atoms with E-state index in [2.05, 4.69) is 10.1 Å². The van der Waals surface area contributed by atoms with Gasteiger partial charge in [-0.3, -0.25) is 4.79 Å². The van der Waals surface area contributed by atoms with Crippen molar-refractivity contribution in [3.8, 4) is 5.75 Å². The number of hydrogen-bond acceptors (Lipinski definition) is 4. The van der Waals surface area contributed by atoms with Crippen molar-refractivity contribution in [1.82, 2.24) is 19.5 Å². The first-order chi connectivity index (χ1) is 13.0. The third-order valence-corrected chi connectivity index (χ3v) is 5.17. The van der Waals surface area contributed by atoms with Gasteiger partial charge in [-0.15, -0.1) is 0 Å². The summed E-state index contributed by atoms with van der Waals surface area (Å²) in [5.41, 5.74) is 4.83. The fraction of sp³-hybridized carbons (Fsp3) is 0.381. The van der Waals surface area contributed by atoms with Crippen LogP contribution in [-0.4, -0.2) is 38.6 Å². The summed E-state index contributed by atoms with van der Waals surface area (Å²) >= 11 is 0. The summed E-state index contributed by atoms with van der Waals surface area (Å²) in [6.07, 6.45) is 3.69. The van der Waals surface area contributed by atoms with Crippen LogP contribution in [-0.2, 0) is 4.79 Å². The Hall–Kier alpha value is -2.89. The maximum Gasteiger partial charge on any atom is 0.261 e. The number of carbonyl (C=O) groups excluding carboxylic acids is 1. The second kappa shape index (κ2) is 7.02. The lowest BCUT2D eigenvalue weighted by molar-refractivity contribution is -0.134. The van der Waals surface area contributed by atoms with Gasteiger partial charge >= 0.3 is 0 Å². The molecule has 1 saturated heterocycles. The molecule has 0 spiro atoms. The predicted octanol–water partition coefficient (Wildman–Crippen LogP) is 3.40. The average molecular weight is 364 g/mol. The van der Waals surface area contributed by atoms with Gasteiger partial charge in [-0.1, -0.05) is 18.2 Å². The quantitative estimate of drug-likeness (QED) is 0.712. The fourth-order valence-electron chi connectivity index (χ4n) is 3.90. The molecule has 140 valence electrons. The smallest absolute Gasteiger partial charge is 0.261 e. The number of benzene rings is 1. The summed E-state index contributed by atoms with van der Waals surface area (Å²) in [6.45, 7) is 6.74. The van der Waals surface area contributed by atoms with Crippen LogP contribution >= 0.6 is 0 Å². The maximum absolute atomic E-state index is 12.9. The Bertz CT molecular complexity index is 975. The van der Waals surface area contributed by atoms with Crippen LogP contribution in [0.15, 0.2) is 36.5 Å². The van der Waals surface area contributed by atoms with Crippen LogP contribution in [0, 0.1) is 20.8 Å². The molecular weight excluding hydrogens is 340 g/mol. The van der Waals surface area contributed by atoms with Crippen molar-refractivity contribution in [3.63, 3.8) is 0 Å². The van der Waals surface area contributed by atoms with E-state index in [0.29, 0.717) is 0 Å². The first-order valence-corrected chi connectivity index (χ1v) is 9.34. The van der Waals surface area contributed by atoms with E-state index in [0.717, 1.165) is 53.3 Å². The molecule has 3 heterocycles. The summed E-state index contributed by atoms with van der Waals surface area (Å²) < 4.78 is 7.75. The van der Waals surface area contributed by atoms with E-state index in [9.17, 15) is 4.79 Å². The van der Waals surface area contributed by atoms with Crippen molar-refractivity contribution in [1.29, 1.82) is 0 Å². The second-order valence-corrected chi connectivity index (χ2v) is 7.18. The van der Waals surface area contributed by atoms with Crippen molar-refractivity contribution < 1.29 is 9.53 Å². The van der Waals surface area contributed by atoms with Crippen molar-refractivity contribution in [3.05, 3.63) is 59.0 Å². The van der Waals surface area contributed by atoms with E-state index in [1.807, 2.05) is 60.5 Å². The van der Waals surface area contributed by atoms with Crippen LogP contribution in [0.5, 0.6) is 5.75 Å². The Balaban J connectivity index is 1.55. The van der Waals surface area contributed by atoms with Gasteiger partial charge in [-0.05, 0) is 50.8 Å². The molecule has 0 unspecified atom stereocenters. The topological polar surface area (TPSA) is 59.7 Å². The van der Waals surface area contributed by atoms with E-state index in [1.165, 1.54) is 0 Å². The molecule has 6 heteroatoms. The number of aryl methyl sites for hydroxylation is 3. The molecule has 2 aromatic heterocycles. The molecule has 1 atom stereocenters. The summed E-state index contributed by atoms with van der Waals surface area (Å²) in [6, 6.07) is 9.91. The summed E-state index contributed by atoms with van der Waals surface area (Å²) in [5, 5.41) is 4.55. The molecule has 27 heavy (non-hydrogen) atoms. The van der Waals surface area contributed by atoms with Gasteiger partial charge in [0.1, 0.15) is 5.75 Å². The minimum absolute atomic E-state index is 0.00358. The van der Waals surface area contributed by atoms with Gasteiger partial charge in [0.15, 0.2) is 12.3 Å². The molecule has 4 rings (SSSR count). The van der Waals surface area contributed by atoms with Gasteiger partial charge in [-0.25, -0.2) is 9.50 Å². The average Bonchev–Trinajstić information content (AvgIpc) is 3.26. The number of ether oxygens (including phenoxy) is 1. The molecular formula is C21H24N4O2. The monoisotopic (exact) mass is 364 g/mol. The number of aromatic nitrogens is 3. The minimum Gasteiger partial charge on any atom is -0.483 e. The molecule has 0 N–H and O–H groups in total. The summed E-state index contributed by atoms with van der Waals surface area (Å²) in [5.74, 6) is 0.810. The van der Waals surface area contributed by atoms with Crippen LogP contribution in [0.3, 0.4) is 0 Å². The number of rotatable bonds is 4. The lowest BCUT2D eigenvalue weighted by Gasteiger charge is -2.25. The third kappa shape index (κ3) is 3.27. The molecule has 0 aliphatic carbocycles. The number of likely N-dealkylation sites (tertiary alicyclic amines) is 1. The van der Waals surface area contributed by atoms with Gasteiger partial charge < -0.3 is 9.64 Å². The molecule has 0 saturated carbocycles. The largest absolute Gasteiger partial charge is 0.483 e. The first-order valence-electron chi connectivity index (χ1n) is 9.34. The molecule has 3 aromatic rings. The first kappa shape index (κ1) is 17.5. The Morgan fingerprint density at radius 3 is 2.78 bits per heavy atom. The van der Waals surface area contributed by atoms with Gasteiger partial charge in [0, 0.05) is 18.8 Å². The number of carbonyl (C=O) groups is 1. The van der Waals surface area contributed by atoms with E-state index < -0.39 is 0 Å². The van der Waals surface area contributed by atoms with Crippen LogP contribution in [0.2, 0.25) is 0 Å². The number of fused-ring (bicyclic) bond motifs is 1. The Morgan fingerprint density at radius 2 is 2.00 bits per heavy atom. The third-order valence-electron chi connectivity index (χ3n) is 5.17. The maximum atomic E-state index is 12.9. The van der Waals surface area contributed by atoms with Gasteiger partial charge in [-0.2, -0.15) is 5.10 Å². The zero-order valence-corrected chi connectivity index (χ0v) is 16.0. The molecule has 1 fully saturated rings. The van der Waals surface area contributed by atoms with E-state index in [1.54, 1.807) is 6.20 Å². The van der Waals surface area contributed by atoms with Crippen molar-refractivity contribution in [2.45, 2.75) is 39.7 Å². The van der Waals surface area contributed by atoms with Crippen LogP contribution in [0.1, 0.15) is 41.4 Å².